The Morgan fingerprint density at radius 3 is 3.17 bits per heavy atom. The van der Waals surface area contributed by atoms with E-state index in [4.69, 9.17) is 4.42 Å². The number of rotatable bonds is 4. The minimum Gasteiger partial charge on any atom is -0.472 e. The monoisotopic (exact) mass is 169 g/mol. The summed E-state index contributed by atoms with van der Waals surface area (Å²) in [6.07, 6.45) is 3.16. The van der Waals surface area contributed by atoms with Crippen molar-refractivity contribution >= 4 is 5.91 Å². The number of hydrogen-bond donors (Lipinski definition) is 1. The van der Waals surface area contributed by atoms with Gasteiger partial charge in [0.05, 0.1) is 12.5 Å². The van der Waals surface area contributed by atoms with E-state index in [0.717, 1.165) is 5.56 Å². The molecule has 12 heavy (non-hydrogen) atoms. The van der Waals surface area contributed by atoms with Crippen LogP contribution >= 0.6 is 0 Å². The molecule has 0 unspecified atom stereocenters. The molecule has 0 bridgehead atoms. The molecule has 1 amide bonds. The van der Waals surface area contributed by atoms with Gasteiger partial charge in [-0.25, -0.2) is 0 Å². The van der Waals surface area contributed by atoms with Crippen LogP contribution in [0.15, 0.2) is 23.0 Å². The fourth-order valence-corrected chi connectivity index (χ4v) is 0.776. The van der Waals surface area contributed by atoms with Gasteiger partial charge in [0.1, 0.15) is 6.61 Å². The van der Waals surface area contributed by atoms with Crippen LogP contribution in [0.2, 0.25) is 0 Å². The van der Waals surface area contributed by atoms with Gasteiger partial charge in [0, 0.05) is 19.2 Å². The number of amides is 1. The van der Waals surface area contributed by atoms with Gasteiger partial charge in [0.25, 0.3) is 0 Å². The molecule has 1 aromatic rings. The number of methoxy groups -OCH3 is 1. The summed E-state index contributed by atoms with van der Waals surface area (Å²) in [4.78, 5) is 10.9. The molecule has 1 N–H and O–H groups in total. The Morgan fingerprint density at radius 1 is 1.75 bits per heavy atom. The Morgan fingerprint density at radius 2 is 2.58 bits per heavy atom. The highest BCUT2D eigenvalue weighted by Gasteiger charge is 1.99. The molecule has 0 spiro atoms. The normalized spacial score (nSPS) is 9.75. The van der Waals surface area contributed by atoms with Gasteiger partial charge < -0.3 is 14.5 Å². The highest BCUT2D eigenvalue weighted by atomic mass is 16.5. The summed E-state index contributed by atoms with van der Waals surface area (Å²) in [7, 11) is 1.48. The maximum atomic E-state index is 10.9. The summed E-state index contributed by atoms with van der Waals surface area (Å²) >= 11 is 0. The van der Waals surface area contributed by atoms with Gasteiger partial charge in [-0.2, -0.15) is 0 Å². The van der Waals surface area contributed by atoms with E-state index < -0.39 is 0 Å². The summed E-state index contributed by atoms with van der Waals surface area (Å²) in [5.74, 6) is -0.126. The molecule has 0 fully saturated rings. The Kier molecular flexibility index (Phi) is 3.35. The third-order valence-corrected chi connectivity index (χ3v) is 1.35. The lowest BCUT2D eigenvalue weighted by atomic mass is 10.3. The van der Waals surface area contributed by atoms with Crippen LogP contribution in [0.3, 0.4) is 0 Å². The minimum absolute atomic E-state index is 0.0951. The summed E-state index contributed by atoms with van der Waals surface area (Å²) in [6.45, 7) is 0.580. The molecule has 0 aliphatic heterocycles. The predicted molar refractivity (Wildman–Crippen MR) is 42.4 cm³/mol. The summed E-state index contributed by atoms with van der Waals surface area (Å²) in [5.41, 5.74) is 0.944. The van der Waals surface area contributed by atoms with Gasteiger partial charge in [-0.05, 0) is 6.07 Å². The van der Waals surface area contributed by atoms with E-state index in [2.05, 4.69) is 10.1 Å². The second-order valence-corrected chi connectivity index (χ2v) is 2.34. The van der Waals surface area contributed by atoms with Crippen LogP contribution in [0.5, 0.6) is 0 Å². The fourth-order valence-electron chi connectivity index (χ4n) is 0.776. The largest absolute Gasteiger partial charge is 0.472 e. The topological polar surface area (TPSA) is 51.5 Å². The van der Waals surface area contributed by atoms with Crippen LogP contribution in [0, 0.1) is 0 Å². The van der Waals surface area contributed by atoms with Crippen LogP contribution in [-0.4, -0.2) is 19.6 Å². The lowest BCUT2D eigenvalue weighted by Gasteiger charge is -2.00. The number of hydrogen-bond acceptors (Lipinski definition) is 3. The number of ether oxygens (including phenoxy) is 1. The molecular formula is C8H11NO3. The van der Waals surface area contributed by atoms with Crippen molar-refractivity contribution in [2.45, 2.75) is 6.54 Å². The summed E-state index contributed by atoms with van der Waals surface area (Å²) < 4.78 is 9.46. The molecule has 0 saturated carbocycles. The van der Waals surface area contributed by atoms with Crippen molar-refractivity contribution in [1.82, 2.24) is 5.32 Å². The lowest BCUT2D eigenvalue weighted by Crippen LogP contribution is -2.26. The zero-order valence-corrected chi connectivity index (χ0v) is 6.87. The van der Waals surface area contributed by atoms with E-state index in [1.54, 1.807) is 18.6 Å². The van der Waals surface area contributed by atoms with Gasteiger partial charge in [-0.1, -0.05) is 0 Å². The Labute approximate surface area is 70.5 Å². The van der Waals surface area contributed by atoms with Crippen molar-refractivity contribution in [1.29, 1.82) is 0 Å². The maximum absolute atomic E-state index is 10.9. The quantitative estimate of drug-likeness (QED) is 0.715. The standard InChI is InChI=1S/C8H11NO3/c1-11-6-8(10)9-4-7-2-3-12-5-7/h2-3,5H,4,6H2,1H3,(H,9,10). The van der Waals surface area contributed by atoms with Gasteiger partial charge in [0.15, 0.2) is 0 Å². The van der Waals surface area contributed by atoms with Gasteiger partial charge in [-0.15, -0.1) is 0 Å². The Bertz CT molecular complexity index is 230. The van der Waals surface area contributed by atoms with Crippen LogP contribution in [0.4, 0.5) is 0 Å². The number of furan rings is 1. The highest BCUT2D eigenvalue weighted by Crippen LogP contribution is 1.97. The SMILES string of the molecule is COCC(=O)NCc1ccoc1. The molecule has 0 aliphatic carbocycles. The van der Waals surface area contributed by atoms with E-state index in [0.29, 0.717) is 6.54 Å². The average molecular weight is 169 g/mol. The molecule has 1 aromatic heterocycles. The Balaban J connectivity index is 2.22. The van der Waals surface area contributed by atoms with Crippen molar-refractivity contribution in [2.75, 3.05) is 13.7 Å². The number of carbonyl (C=O) groups is 1. The molecule has 4 nitrogen and oxygen atoms in total. The number of carbonyl (C=O) groups excluding carboxylic acids is 1. The second-order valence-electron chi connectivity index (χ2n) is 2.34. The third kappa shape index (κ3) is 2.75. The molecule has 0 radical (unpaired) electrons. The predicted octanol–water partition coefficient (Wildman–Crippen LogP) is 0.542. The van der Waals surface area contributed by atoms with E-state index in [-0.39, 0.29) is 12.5 Å². The molecule has 0 saturated heterocycles. The molecule has 1 heterocycles. The molecule has 0 atom stereocenters. The molecular weight excluding hydrogens is 158 g/mol. The first kappa shape index (κ1) is 8.80. The van der Waals surface area contributed by atoms with Gasteiger partial charge in [0.2, 0.25) is 5.91 Å². The van der Waals surface area contributed by atoms with Crippen LogP contribution in [-0.2, 0) is 16.1 Å². The minimum atomic E-state index is -0.126. The molecule has 0 aromatic carbocycles. The molecule has 66 valence electrons. The third-order valence-electron chi connectivity index (χ3n) is 1.35. The van der Waals surface area contributed by atoms with Crippen molar-refractivity contribution in [3.05, 3.63) is 24.2 Å². The molecule has 0 aliphatic rings. The highest BCUT2D eigenvalue weighted by molar-refractivity contribution is 5.77. The first-order chi connectivity index (χ1) is 5.83. The first-order valence-corrected chi connectivity index (χ1v) is 3.59. The van der Waals surface area contributed by atoms with Crippen LogP contribution in [0.25, 0.3) is 0 Å². The lowest BCUT2D eigenvalue weighted by molar-refractivity contribution is -0.124. The van der Waals surface area contributed by atoms with Crippen molar-refractivity contribution in [2.24, 2.45) is 0 Å². The van der Waals surface area contributed by atoms with Crippen molar-refractivity contribution in [3.8, 4) is 0 Å². The fraction of sp³-hybridized carbons (Fsp3) is 0.375. The van der Waals surface area contributed by atoms with Crippen LogP contribution < -0.4 is 5.32 Å². The number of nitrogens with one attached hydrogen (secondary N) is 1. The van der Waals surface area contributed by atoms with E-state index >= 15 is 0 Å². The zero-order valence-electron chi connectivity index (χ0n) is 6.87. The summed E-state index contributed by atoms with van der Waals surface area (Å²) in [6, 6.07) is 1.80. The average Bonchev–Trinajstić information content (AvgIpc) is 2.53. The maximum Gasteiger partial charge on any atom is 0.246 e. The smallest absolute Gasteiger partial charge is 0.246 e. The second kappa shape index (κ2) is 4.56. The van der Waals surface area contributed by atoms with E-state index in [9.17, 15) is 4.79 Å². The molecule has 4 heteroatoms. The molecule has 1 rings (SSSR count). The van der Waals surface area contributed by atoms with E-state index in [1.165, 1.54) is 7.11 Å². The first-order valence-electron chi connectivity index (χ1n) is 3.59. The van der Waals surface area contributed by atoms with E-state index in [1.807, 2.05) is 0 Å². The summed E-state index contributed by atoms with van der Waals surface area (Å²) in [5, 5.41) is 2.66. The van der Waals surface area contributed by atoms with Gasteiger partial charge in [-0.3, -0.25) is 4.79 Å². The zero-order chi connectivity index (χ0) is 8.81. The Hall–Kier alpha value is -1.29. The van der Waals surface area contributed by atoms with Crippen molar-refractivity contribution < 1.29 is 13.9 Å². The van der Waals surface area contributed by atoms with Crippen molar-refractivity contribution in [3.63, 3.8) is 0 Å². The van der Waals surface area contributed by atoms with Gasteiger partial charge >= 0.3 is 0 Å². The van der Waals surface area contributed by atoms with Crippen LogP contribution in [0.1, 0.15) is 5.56 Å².